The third-order valence-corrected chi connectivity index (χ3v) is 5.71. The number of hydrogen-bond acceptors (Lipinski definition) is 5. The fourth-order valence-electron chi connectivity index (χ4n) is 3.38. The minimum atomic E-state index is 0.0227. The monoisotopic (exact) mass is 381 g/mol. The van der Waals surface area contributed by atoms with Crippen LogP contribution in [0.4, 0.5) is 0 Å². The van der Waals surface area contributed by atoms with E-state index in [9.17, 15) is 4.79 Å². The number of aromatic nitrogens is 1. The Labute approximate surface area is 163 Å². The molecule has 0 spiro atoms. The first-order valence-electron chi connectivity index (χ1n) is 9.17. The first-order chi connectivity index (χ1) is 13.2. The summed E-state index contributed by atoms with van der Waals surface area (Å²) in [4.78, 5) is 21.8. The van der Waals surface area contributed by atoms with Gasteiger partial charge >= 0.3 is 0 Å². The molecule has 2 aromatic carbocycles. The molecule has 27 heavy (non-hydrogen) atoms. The SMILES string of the molecule is CN(Cc1csc(CN2CCOCC2)n1)C(=O)c1cccc2ccccc12. The van der Waals surface area contributed by atoms with Gasteiger partial charge in [-0.05, 0) is 16.8 Å². The van der Waals surface area contributed by atoms with Crippen molar-refractivity contribution in [1.29, 1.82) is 0 Å². The van der Waals surface area contributed by atoms with Gasteiger partial charge in [-0.2, -0.15) is 0 Å². The molecule has 0 bridgehead atoms. The molecular formula is C21H23N3O2S. The molecule has 0 radical (unpaired) electrons. The zero-order chi connectivity index (χ0) is 18.6. The van der Waals surface area contributed by atoms with Crippen molar-refractivity contribution >= 4 is 28.0 Å². The first-order valence-corrected chi connectivity index (χ1v) is 10.1. The Hall–Kier alpha value is -2.28. The number of thiazole rings is 1. The van der Waals surface area contributed by atoms with Gasteiger partial charge in [-0.15, -0.1) is 11.3 Å². The summed E-state index contributed by atoms with van der Waals surface area (Å²) in [5.41, 5.74) is 1.68. The second kappa shape index (κ2) is 8.17. The van der Waals surface area contributed by atoms with Crippen molar-refractivity contribution in [3.05, 3.63) is 64.1 Å². The molecular weight excluding hydrogens is 358 g/mol. The predicted molar refractivity (Wildman–Crippen MR) is 108 cm³/mol. The molecule has 4 rings (SSSR count). The Morgan fingerprint density at radius 1 is 1.19 bits per heavy atom. The summed E-state index contributed by atoms with van der Waals surface area (Å²) in [6.45, 7) is 4.86. The van der Waals surface area contributed by atoms with E-state index in [4.69, 9.17) is 9.72 Å². The van der Waals surface area contributed by atoms with E-state index in [1.54, 1.807) is 16.2 Å². The summed E-state index contributed by atoms with van der Waals surface area (Å²) in [7, 11) is 1.84. The van der Waals surface area contributed by atoms with E-state index in [2.05, 4.69) is 10.3 Å². The van der Waals surface area contributed by atoms with Crippen LogP contribution >= 0.6 is 11.3 Å². The molecule has 0 atom stereocenters. The molecule has 1 amide bonds. The molecule has 3 aromatic rings. The molecule has 5 nitrogen and oxygen atoms in total. The van der Waals surface area contributed by atoms with Crippen LogP contribution in [0, 0.1) is 0 Å². The van der Waals surface area contributed by atoms with Gasteiger partial charge in [0, 0.05) is 31.1 Å². The van der Waals surface area contributed by atoms with E-state index in [0.717, 1.165) is 59.9 Å². The lowest BCUT2D eigenvalue weighted by Crippen LogP contribution is -2.35. The van der Waals surface area contributed by atoms with Crippen LogP contribution < -0.4 is 0 Å². The van der Waals surface area contributed by atoms with Crippen LogP contribution in [-0.4, -0.2) is 54.0 Å². The van der Waals surface area contributed by atoms with Gasteiger partial charge < -0.3 is 9.64 Å². The number of carbonyl (C=O) groups is 1. The summed E-state index contributed by atoms with van der Waals surface area (Å²) in [5.74, 6) is 0.0227. The number of carbonyl (C=O) groups excluding carboxylic acids is 1. The highest BCUT2D eigenvalue weighted by atomic mass is 32.1. The fourth-order valence-corrected chi connectivity index (χ4v) is 4.20. The normalized spacial score (nSPS) is 15.1. The van der Waals surface area contributed by atoms with Crippen LogP contribution in [0.2, 0.25) is 0 Å². The summed E-state index contributed by atoms with van der Waals surface area (Å²) in [6, 6.07) is 13.9. The predicted octanol–water partition coefficient (Wildman–Crippen LogP) is 3.40. The average molecular weight is 382 g/mol. The quantitative estimate of drug-likeness (QED) is 0.680. The Morgan fingerprint density at radius 3 is 2.81 bits per heavy atom. The summed E-state index contributed by atoms with van der Waals surface area (Å²) in [6.07, 6.45) is 0. The van der Waals surface area contributed by atoms with Crippen molar-refractivity contribution in [3.8, 4) is 0 Å². The van der Waals surface area contributed by atoms with Gasteiger partial charge in [0.15, 0.2) is 0 Å². The summed E-state index contributed by atoms with van der Waals surface area (Å²) < 4.78 is 5.39. The molecule has 0 N–H and O–H groups in total. The minimum Gasteiger partial charge on any atom is -0.379 e. The molecule has 1 aliphatic rings. The van der Waals surface area contributed by atoms with E-state index >= 15 is 0 Å². The lowest BCUT2D eigenvalue weighted by Gasteiger charge is -2.25. The Kier molecular flexibility index (Phi) is 5.48. The van der Waals surface area contributed by atoms with Gasteiger partial charge in [0.2, 0.25) is 0 Å². The van der Waals surface area contributed by atoms with Crippen molar-refractivity contribution in [2.45, 2.75) is 13.1 Å². The molecule has 0 saturated carbocycles. The zero-order valence-electron chi connectivity index (χ0n) is 15.4. The van der Waals surface area contributed by atoms with Crippen molar-refractivity contribution in [2.75, 3.05) is 33.4 Å². The van der Waals surface area contributed by atoms with Crippen molar-refractivity contribution < 1.29 is 9.53 Å². The van der Waals surface area contributed by atoms with Crippen LogP contribution in [0.1, 0.15) is 21.1 Å². The van der Waals surface area contributed by atoms with Crippen LogP contribution in [0.25, 0.3) is 10.8 Å². The van der Waals surface area contributed by atoms with Gasteiger partial charge in [0.05, 0.1) is 32.0 Å². The van der Waals surface area contributed by atoms with E-state index < -0.39 is 0 Å². The van der Waals surface area contributed by atoms with Gasteiger partial charge in [-0.1, -0.05) is 36.4 Å². The van der Waals surface area contributed by atoms with Gasteiger partial charge in [0.25, 0.3) is 5.91 Å². The highest BCUT2D eigenvalue weighted by molar-refractivity contribution is 7.09. The maximum Gasteiger partial charge on any atom is 0.254 e. The molecule has 1 saturated heterocycles. The molecule has 0 aliphatic carbocycles. The van der Waals surface area contributed by atoms with Crippen LogP contribution in [0.3, 0.4) is 0 Å². The third kappa shape index (κ3) is 4.18. The molecule has 0 unspecified atom stereocenters. The van der Waals surface area contributed by atoms with Gasteiger partial charge in [-0.3, -0.25) is 9.69 Å². The lowest BCUT2D eigenvalue weighted by molar-refractivity contribution is 0.0341. The second-order valence-electron chi connectivity index (χ2n) is 6.81. The smallest absolute Gasteiger partial charge is 0.254 e. The van der Waals surface area contributed by atoms with Gasteiger partial charge in [-0.25, -0.2) is 4.98 Å². The van der Waals surface area contributed by atoms with Crippen molar-refractivity contribution in [3.63, 3.8) is 0 Å². The number of hydrogen-bond donors (Lipinski definition) is 0. The number of ether oxygens (including phenoxy) is 1. The van der Waals surface area contributed by atoms with E-state index in [-0.39, 0.29) is 5.91 Å². The van der Waals surface area contributed by atoms with E-state index in [0.29, 0.717) is 6.54 Å². The zero-order valence-corrected chi connectivity index (χ0v) is 16.2. The highest BCUT2D eigenvalue weighted by Gasteiger charge is 2.17. The number of morpholine rings is 1. The second-order valence-corrected chi connectivity index (χ2v) is 7.75. The van der Waals surface area contributed by atoms with Crippen molar-refractivity contribution in [1.82, 2.24) is 14.8 Å². The molecule has 6 heteroatoms. The standard InChI is InChI=1S/C21H23N3O2S/c1-23(21(25)19-8-4-6-16-5-2-3-7-18(16)19)13-17-15-27-20(22-17)14-24-9-11-26-12-10-24/h2-8,15H,9-14H2,1H3. The van der Waals surface area contributed by atoms with E-state index in [1.165, 1.54) is 0 Å². The maximum absolute atomic E-state index is 13.0. The topological polar surface area (TPSA) is 45.7 Å². The number of fused-ring (bicyclic) bond motifs is 1. The van der Waals surface area contributed by atoms with Crippen LogP contribution in [-0.2, 0) is 17.8 Å². The Bertz CT molecular complexity index is 929. The number of rotatable bonds is 5. The molecule has 2 heterocycles. The third-order valence-electron chi connectivity index (χ3n) is 4.83. The number of nitrogens with zero attached hydrogens (tertiary/aromatic N) is 3. The number of amides is 1. The summed E-state index contributed by atoms with van der Waals surface area (Å²) in [5, 5.41) is 5.22. The number of benzene rings is 2. The fraction of sp³-hybridized carbons (Fsp3) is 0.333. The maximum atomic E-state index is 13.0. The Morgan fingerprint density at radius 2 is 1.96 bits per heavy atom. The molecule has 1 aliphatic heterocycles. The van der Waals surface area contributed by atoms with Gasteiger partial charge in [0.1, 0.15) is 5.01 Å². The van der Waals surface area contributed by atoms with Crippen LogP contribution in [0.15, 0.2) is 47.8 Å². The minimum absolute atomic E-state index is 0.0227. The van der Waals surface area contributed by atoms with Crippen LogP contribution in [0.5, 0.6) is 0 Å². The highest BCUT2D eigenvalue weighted by Crippen LogP contribution is 2.21. The lowest BCUT2D eigenvalue weighted by atomic mass is 10.0. The van der Waals surface area contributed by atoms with Crippen molar-refractivity contribution in [2.24, 2.45) is 0 Å². The average Bonchev–Trinajstić information content (AvgIpc) is 3.14. The first kappa shape index (κ1) is 18.1. The molecule has 1 aromatic heterocycles. The van der Waals surface area contributed by atoms with E-state index in [1.807, 2.05) is 49.5 Å². The Balaban J connectivity index is 1.44. The summed E-state index contributed by atoms with van der Waals surface area (Å²) >= 11 is 1.66. The molecule has 1 fully saturated rings. The largest absolute Gasteiger partial charge is 0.379 e. The molecule has 140 valence electrons.